The first-order valence-electron chi connectivity index (χ1n) is 10.0. The Morgan fingerprint density at radius 1 is 1.00 bits per heavy atom. The molecule has 3 rings (SSSR count). The van der Waals surface area contributed by atoms with Gasteiger partial charge in [-0.25, -0.2) is 27.7 Å². The van der Waals surface area contributed by atoms with E-state index in [9.17, 15) is 34.8 Å². The highest BCUT2D eigenvalue weighted by Gasteiger charge is 2.38. The maximum Gasteiger partial charge on any atom is 0.490 e. The molecular formula is C19H23F6N5O6S. The van der Waals surface area contributed by atoms with Crippen molar-refractivity contribution in [2.75, 3.05) is 12.8 Å². The zero-order valence-corrected chi connectivity index (χ0v) is 20.2. The SMILES string of the molecule is Cc1cccc(CN2CCn3cc(CNS(C)(=O)=O)nc3C2)n1.O=C(O)C(F)(F)F.O=C(O)C(F)(F)F. The minimum atomic E-state index is -5.08. The normalized spacial score (nSPS) is 13.9. The van der Waals surface area contributed by atoms with Crippen LogP contribution in [-0.4, -0.2) is 75.2 Å². The first-order chi connectivity index (χ1) is 16.8. The number of pyridine rings is 1. The van der Waals surface area contributed by atoms with Crippen LogP contribution in [-0.2, 0) is 45.8 Å². The topological polar surface area (TPSA) is 155 Å². The highest BCUT2D eigenvalue weighted by molar-refractivity contribution is 7.88. The fourth-order valence-electron chi connectivity index (χ4n) is 2.70. The molecule has 0 aliphatic carbocycles. The minimum absolute atomic E-state index is 0.234. The summed E-state index contributed by atoms with van der Waals surface area (Å²) in [7, 11) is -3.20. The van der Waals surface area contributed by atoms with E-state index in [1.807, 2.05) is 31.3 Å². The second kappa shape index (κ2) is 12.8. The van der Waals surface area contributed by atoms with Gasteiger partial charge in [0.05, 0.1) is 30.7 Å². The molecule has 37 heavy (non-hydrogen) atoms. The zero-order chi connectivity index (χ0) is 28.6. The van der Waals surface area contributed by atoms with Crippen molar-refractivity contribution >= 4 is 22.0 Å². The average molecular weight is 563 g/mol. The molecule has 208 valence electrons. The Morgan fingerprint density at radius 2 is 1.54 bits per heavy atom. The van der Waals surface area contributed by atoms with Gasteiger partial charge in [-0.2, -0.15) is 26.3 Å². The summed E-state index contributed by atoms with van der Waals surface area (Å²) in [4.78, 5) is 29.2. The Bertz CT molecular complexity index is 1160. The summed E-state index contributed by atoms with van der Waals surface area (Å²) in [6.45, 7) is 5.55. The van der Waals surface area contributed by atoms with E-state index >= 15 is 0 Å². The summed E-state index contributed by atoms with van der Waals surface area (Å²) < 4.78 is 90.4. The van der Waals surface area contributed by atoms with Crippen molar-refractivity contribution in [2.45, 2.75) is 45.5 Å². The van der Waals surface area contributed by atoms with Gasteiger partial charge >= 0.3 is 24.3 Å². The van der Waals surface area contributed by atoms with Gasteiger partial charge in [-0.15, -0.1) is 0 Å². The maximum atomic E-state index is 11.2. The second-order valence-electron chi connectivity index (χ2n) is 7.52. The summed E-state index contributed by atoms with van der Waals surface area (Å²) in [6.07, 6.45) is -7.09. The lowest BCUT2D eigenvalue weighted by Crippen LogP contribution is -2.33. The number of nitrogens with zero attached hydrogens (tertiary/aromatic N) is 4. The molecule has 0 radical (unpaired) electrons. The molecule has 0 saturated carbocycles. The van der Waals surface area contributed by atoms with E-state index in [0.29, 0.717) is 0 Å². The van der Waals surface area contributed by atoms with Crippen molar-refractivity contribution in [1.29, 1.82) is 0 Å². The number of carbonyl (C=O) groups is 2. The zero-order valence-electron chi connectivity index (χ0n) is 19.3. The molecule has 2 aromatic rings. The molecule has 0 atom stereocenters. The Morgan fingerprint density at radius 3 is 2.00 bits per heavy atom. The van der Waals surface area contributed by atoms with Crippen LogP contribution < -0.4 is 4.72 Å². The molecule has 1 aliphatic rings. The maximum absolute atomic E-state index is 11.2. The van der Waals surface area contributed by atoms with Crippen LogP contribution in [0.4, 0.5) is 26.3 Å². The largest absolute Gasteiger partial charge is 0.490 e. The van der Waals surface area contributed by atoms with Gasteiger partial charge in [0.1, 0.15) is 5.82 Å². The van der Waals surface area contributed by atoms with Crippen LogP contribution >= 0.6 is 0 Å². The Labute approximate surface area is 206 Å². The lowest BCUT2D eigenvalue weighted by molar-refractivity contribution is -0.193. The van der Waals surface area contributed by atoms with Crippen molar-refractivity contribution in [1.82, 2.24) is 24.2 Å². The second-order valence-corrected chi connectivity index (χ2v) is 9.35. The predicted octanol–water partition coefficient (Wildman–Crippen LogP) is 1.92. The van der Waals surface area contributed by atoms with Gasteiger partial charge in [-0.3, -0.25) is 9.88 Å². The predicted molar refractivity (Wildman–Crippen MR) is 114 cm³/mol. The number of hydrogen-bond donors (Lipinski definition) is 3. The average Bonchev–Trinajstić information content (AvgIpc) is 3.14. The van der Waals surface area contributed by atoms with Crippen molar-refractivity contribution < 1.29 is 54.6 Å². The van der Waals surface area contributed by atoms with E-state index in [0.717, 1.165) is 55.3 Å². The third-order valence-electron chi connectivity index (χ3n) is 4.26. The number of sulfonamides is 1. The highest BCUT2D eigenvalue weighted by Crippen LogP contribution is 2.16. The van der Waals surface area contributed by atoms with Crippen LogP contribution in [0.1, 0.15) is 22.9 Å². The molecule has 0 fully saturated rings. The number of carboxylic acids is 2. The molecule has 0 bridgehead atoms. The van der Waals surface area contributed by atoms with E-state index in [1.165, 1.54) is 0 Å². The molecule has 3 N–H and O–H groups in total. The molecule has 0 aromatic carbocycles. The van der Waals surface area contributed by atoms with Crippen LogP contribution in [0.25, 0.3) is 0 Å². The van der Waals surface area contributed by atoms with Crippen molar-refractivity contribution in [2.24, 2.45) is 0 Å². The quantitative estimate of drug-likeness (QED) is 0.463. The Kier molecular flexibility index (Phi) is 11.0. The number of halogens is 6. The van der Waals surface area contributed by atoms with E-state index in [4.69, 9.17) is 19.8 Å². The van der Waals surface area contributed by atoms with Crippen LogP contribution in [0, 0.1) is 6.92 Å². The van der Waals surface area contributed by atoms with E-state index in [-0.39, 0.29) is 6.54 Å². The van der Waals surface area contributed by atoms with Crippen LogP contribution in [0.15, 0.2) is 24.4 Å². The fraction of sp³-hybridized carbons (Fsp3) is 0.474. The number of hydrogen-bond acceptors (Lipinski definition) is 7. The van der Waals surface area contributed by atoms with Crippen LogP contribution in [0.2, 0.25) is 0 Å². The number of rotatable bonds is 5. The molecule has 3 heterocycles. The van der Waals surface area contributed by atoms with Gasteiger partial charge < -0.3 is 14.8 Å². The standard InChI is InChI=1S/C15H21N5O2S.2C2HF3O2/c1-12-4-3-5-13(17-12)9-19-6-7-20-10-14(18-15(20)11-19)8-16-23(2,21)22;2*3-2(4,5)1(6)7/h3-5,10,16H,6-9,11H2,1-2H3;2*(H,6,7). The molecule has 11 nitrogen and oxygen atoms in total. The van der Waals surface area contributed by atoms with Gasteiger partial charge in [-0.05, 0) is 19.1 Å². The third-order valence-corrected chi connectivity index (χ3v) is 4.93. The summed E-state index contributed by atoms with van der Waals surface area (Å²) >= 11 is 0. The van der Waals surface area contributed by atoms with E-state index < -0.39 is 34.3 Å². The molecule has 18 heteroatoms. The summed E-state index contributed by atoms with van der Waals surface area (Å²) in [5, 5.41) is 14.2. The number of carboxylic acid groups (broad SMARTS) is 2. The lowest BCUT2D eigenvalue weighted by atomic mass is 10.2. The van der Waals surface area contributed by atoms with Crippen LogP contribution in [0.3, 0.4) is 0 Å². The first kappa shape index (κ1) is 31.8. The number of aromatic nitrogens is 3. The summed E-state index contributed by atoms with van der Waals surface area (Å²) in [6, 6.07) is 6.06. The van der Waals surface area contributed by atoms with Crippen molar-refractivity contribution in [3.8, 4) is 0 Å². The summed E-state index contributed by atoms with van der Waals surface area (Å²) in [5.74, 6) is -4.55. The molecule has 0 spiro atoms. The van der Waals surface area contributed by atoms with Gasteiger partial charge in [-0.1, -0.05) is 6.07 Å². The molecule has 0 saturated heterocycles. The Balaban J connectivity index is 0.000000404. The van der Waals surface area contributed by atoms with E-state index in [1.54, 1.807) is 0 Å². The molecule has 0 unspecified atom stereocenters. The molecule has 0 amide bonds. The molecule has 2 aromatic heterocycles. The van der Waals surface area contributed by atoms with Crippen LogP contribution in [0.5, 0.6) is 0 Å². The van der Waals surface area contributed by atoms with Gasteiger partial charge in [0.15, 0.2) is 0 Å². The number of alkyl halides is 6. The number of fused-ring (bicyclic) bond motifs is 1. The highest BCUT2D eigenvalue weighted by atomic mass is 32.2. The number of aliphatic carboxylic acids is 2. The van der Waals surface area contributed by atoms with Gasteiger partial charge in [0.25, 0.3) is 0 Å². The first-order valence-corrected chi connectivity index (χ1v) is 11.9. The summed E-state index contributed by atoms with van der Waals surface area (Å²) in [5.41, 5.74) is 2.83. The van der Waals surface area contributed by atoms with Crippen molar-refractivity contribution in [3.63, 3.8) is 0 Å². The van der Waals surface area contributed by atoms with Gasteiger partial charge in [0.2, 0.25) is 10.0 Å². The van der Waals surface area contributed by atoms with Crippen molar-refractivity contribution in [3.05, 3.63) is 47.3 Å². The number of imidazole rings is 1. The number of nitrogens with one attached hydrogen (secondary N) is 1. The third kappa shape index (κ3) is 12.5. The number of aryl methyl sites for hydroxylation is 1. The minimum Gasteiger partial charge on any atom is -0.475 e. The van der Waals surface area contributed by atoms with E-state index in [2.05, 4.69) is 24.2 Å². The monoisotopic (exact) mass is 563 g/mol. The Hall–Kier alpha value is -3.25. The fourth-order valence-corrected chi connectivity index (χ4v) is 3.11. The molecular weight excluding hydrogens is 540 g/mol. The lowest BCUT2D eigenvalue weighted by Gasteiger charge is -2.27. The van der Waals surface area contributed by atoms with Gasteiger partial charge in [0, 0.05) is 31.5 Å². The molecule has 1 aliphatic heterocycles. The smallest absolute Gasteiger partial charge is 0.475 e.